The Morgan fingerprint density at radius 1 is 1.78 bits per heavy atom. The molecule has 0 aromatic carbocycles. The second-order valence-corrected chi connectivity index (χ2v) is 2.02. The third kappa shape index (κ3) is 1.19. The van der Waals surface area contributed by atoms with E-state index in [-0.39, 0.29) is 5.91 Å². The Bertz CT molecular complexity index is 155. The van der Waals surface area contributed by atoms with Crippen LogP contribution in [0.15, 0.2) is 0 Å². The molecular weight excluding hydrogens is 120 g/mol. The fraction of sp³-hybridized carbons (Fsp3) is 0.600. The van der Waals surface area contributed by atoms with Crippen LogP contribution in [0.2, 0.25) is 0 Å². The summed E-state index contributed by atoms with van der Waals surface area (Å²) < 4.78 is 0. The summed E-state index contributed by atoms with van der Waals surface area (Å²) in [5.41, 5.74) is 6.61. The van der Waals surface area contributed by atoms with Gasteiger partial charge in [0.1, 0.15) is 6.04 Å². The highest BCUT2D eigenvalue weighted by Gasteiger charge is 2.25. The van der Waals surface area contributed by atoms with E-state index < -0.39 is 11.9 Å². The molecule has 1 radical (unpaired) electrons. The maximum atomic E-state index is 10.4. The zero-order valence-electron chi connectivity index (χ0n) is 4.81. The van der Waals surface area contributed by atoms with Gasteiger partial charge in [-0.1, -0.05) is 0 Å². The van der Waals surface area contributed by atoms with Crippen LogP contribution in [0.4, 0.5) is 0 Å². The normalized spacial score (nSPS) is 25.8. The molecule has 0 spiro atoms. The van der Waals surface area contributed by atoms with Crippen molar-refractivity contribution in [3.8, 4) is 0 Å². The number of amides is 2. The van der Waals surface area contributed by atoms with E-state index in [1.54, 1.807) is 0 Å². The highest BCUT2D eigenvalue weighted by Crippen LogP contribution is 2.04. The monoisotopic (exact) mass is 127 g/mol. The number of rotatable bonds is 1. The molecule has 1 aliphatic heterocycles. The van der Waals surface area contributed by atoms with Gasteiger partial charge in [-0.25, -0.2) is 0 Å². The number of hydrogen-bond donors (Lipinski definition) is 1. The molecule has 2 N–H and O–H groups in total. The fourth-order valence-electron chi connectivity index (χ4n) is 0.811. The molecule has 1 rings (SSSR count). The summed E-state index contributed by atoms with van der Waals surface area (Å²) >= 11 is 0. The number of hydrogen-bond acceptors (Lipinski definition) is 2. The molecule has 2 amide bonds. The number of carbonyl (C=O) groups is 2. The molecule has 4 heteroatoms. The smallest absolute Gasteiger partial charge is 0.260 e. The average molecular weight is 127 g/mol. The van der Waals surface area contributed by atoms with Gasteiger partial charge in [-0.05, 0) is 6.42 Å². The van der Waals surface area contributed by atoms with E-state index in [9.17, 15) is 9.59 Å². The van der Waals surface area contributed by atoms with Crippen LogP contribution < -0.4 is 11.1 Å². The molecule has 1 aliphatic rings. The van der Waals surface area contributed by atoms with Gasteiger partial charge in [0.05, 0.1) is 0 Å². The van der Waals surface area contributed by atoms with Crippen molar-refractivity contribution in [3.05, 3.63) is 0 Å². The number of carbonyl (C=O) groups excluding carboxylic acids is 2. The van der Waals surface area contributed by atoms with Crippen LogP contribution in [0.3, 0.4) is 0 Å². The molecule has 1 fully saturated rings. The van der Waals surface area contributed by atoms with Crippen LogP contribution in [0.25, 0.3) is 0 Å². The maximum absolute atomic E-state index is 10.4. The van der Waals surface area contributed by atoms with Crippen LogP contribution in [0.1, 0.15) is 12.8 Å². The van der Waals surface area contributed by atoms with Gasteiger partial charge in [0, 0.05) is 6.42 Å². The molecule has 0 aromatic rings. The van der Waals surface area contributed by atoms with E-state index >= 15 is 0 Å². The minimum absolute atomic E-state index is 0.124. The van der Waals surface area contributed by atoms with E-state index in [1.807, 2.05) is 0 Å². The molecule has 4 nitrogen and oxygen atoms in total. The first kappa shape index (κ1) is 6.07. The molecule has 1 atom stereocenters. The Morgan fingerprint density at radius 2 is 2.44 bits per heavy atom. The van der Waals surface area contributed by atoms with Gasteiger partial charge in [0.2, 0.25) is 5.91 Å². The molecular formula is C5H7N2O2. The molecule has 1 saturated heterocycles. The predicted molar refractivity (Wildman–Crippen MR) is 29.3 cm³/mol. The van der Waals surface area contributed by atoms with Crippen LogP contribution in [-0.2, 0) is 9.59 Å². The third-order valence-corrected chi connectivity index (χ3v) is 1.31. The largest absolute Gasteiger partial charge is 0.344 e. The van der Waals surface area contributed by atoms with E-state index in [0.717, 1.165) is 0 Å². The van der Waals surface area contributed by atoms with Crippen LogP contribution >= 0.6 is 0 Å². The van der Waals surface area contributed by atoms with E-state index in [1.165, 1.54) is 0 Å². The van der Waals surface area contributed by atoms with E-state index in [2.05, 4.69) is 5.32 Å². The molecule has 0 aromatic heterocycles. The summed E-state index contributed by atoms with van der Waals surface area (Å²) in [6.07, 6.45) is 0.871. The summed E-state index contributed by atoms with van der Waals surface area (Å²) in [4.78, 5) is 20.7. The summed E-state index contributed by atoms with van der Waals surface area (Å²) in [7, 11) is 0. The van der Waals surface area contributed by atoms with Crippen molar-refractivity contribution in [2.24, 2.45) is 0 Å². The first-order valence-corrected chi connectivity index (χ1v) is 2.75. The van der Waals surface area contributed by atoms with Gasteiger partial charge in [-0.15, -0.1) is 0 Å². The number of nitrogens with one attached hydrogen (secondary N) is 2. The third-order valence-electron chi connectivity index (χ3n) is 1.31. The van der Waals surface area contributed by atoms with Crippen molar-refractivity contribution in [3.63, 3.8) is 0 Å². The van der Waals surface area contributed by atoms with Crippen molar-refractivity contribution >= 4 is 11.8 Å². The minimum atomic E-state index is -0.694. The summed E-state index contributed by atoms with van der Waals surface area (Å²) in [6.45, 7) is 0. The Morgan fingerprint density at radius 3 is 2.67 bits per heavy atom. The first-order valence-electron chi connectivity index (χ1n) is 2.75. The second kappa shape index (κ2) is 2.05. The lowest BCUT2D eigenvalue weighted by molar-refractivity contribution is -0.124. The molecule has 9 heavy (non-hydrogen) atoms. The standard InChI is InChI=1S/C5H7N2O2/c6-5(9)3-1-2-4(8)7-3/h3,6H,1-2H2,(H,7,8)/t3-/m0/s1. The molecule has 1 heterocycles. The maximum Gasteiger partial charge on any atom is 0.260 e. The Labute approximate surface area is 52.4 Å². The predicted octanol–water partition coefficient (Wildman–Crippen LogP) is -0.926. The van der Waals surface area contributed by atoms with Crippen LogP contribution in [0.5, 0.6) is 0 Å². The van der Waals surface area contributed by atoms with Crippen molar-refractivity contribution in [2.75, 3.05) is 0 Å². The van der Waals surface area contributed by atoms with Gasteiger partial charge in [-0.2, -0.15) is 0 Å². The van der Waals surface area contributed by atoms with Gasteiger partial charge < -0.3 is 5.32 Å². The quantitative estimate of drug-likeness (QED) is 0.494. The lowest BCUT2D eigenvalue weighted by atomic mass is 10.2. The first-order chi connectivity index (χ1) is 4.20. The average Bonchev–Trinajstić information content (AvgIpc) is 2.14. The van der Waals surface area contributed by atoms with Crippen LogP contribution in [0, 0.1) is 0 Å². The zero-order valence-corrected chi connectivity index (χ0v) is 4.81. The Balaban J connectivity index is 2.48. The van der Waals surface area contributed by atoms with Crippen LogP contribution in [-0.4, -0.2) is 17.9 Å². The van der Waals surface area contributed by atoms with Crippen molar-refractivity contribution in [2.45, 2.75) is 18.9 Å². The lowest BCUT2D eigenvalue weighted by Crippen LogP contribution is -2.33. The van der Waals surface area contributed by atoms with Gasteiger partial charge in [0.15, 0.2) is 0 Å². The lowest BCUT2D eigenvalue weighted by Gasteiger charge is -2.00. The van der Waals surface area contributed by atoms with Crippen molar-refractivity contribution in [1.29, 1.82) is 0 Å². The highest BCUT2D eigenvalue weighted by molar-refractivity contribution is 5.89. The molecule has 0 saturated carbocycles. The van der Waals surface area contributed by atoms with Crippen molar-refractivity contribution in [1.82, 2.24) is 11.1 Å². The molecule has 49 valence electrons. The van der Waals surface area contributed by atoms with Crippen molar-refractivity contribution < 1.29 is 9.59 Å². The summed E-state index contributed by atoms with van der Waals surface area (Å²) in [6, 6.07) is -0.530. The molecule has 0 aliphatic carbocycles. The Hall–Kier alpha value is -1.06. The summed E-state index contributed by atoms with van der Waals surface area (Å²) in [5.74, 6) is -0.818. The zero-order chi connectivity index (χ0) is 6.85. The Kier molecular flexibility index (Phi) is 1.38. The van der Waals surface area contributed by atoms with Gasteiger partial charge >= 0.3 is 0 Å². The molecule has 0 unspecified atom stereocenters. The minimum Gasteiger partial charge on any atom is -0.344 e. The van der Waals surface area contributed by atoms with Gasteiger partial charge in [0.25, 0.3) is 5.91 Å². The fourth-order valence-corrected chi connectivity index (χ4v) is 0.811. The topological polar surface area (TPSA) is 70.0 Å². The van der Waals surface area contributed by atoms with E-state index in [0.29, 0.717) is 12.8 Å². The second-order valence-electron chi connectivity index (χ2n) is 2.02. The van der Waals surface area contributed by atoms with Gasteiger partial charge in [-0.3, -0.25) is 15.3 Å². The highest BCUT2D eigenvalue weighted by atomic mass is 16.2. The molecule has 0 bridgehead atoms. The SMILES string of the molecule is [NH]C(=O)[C@@H]1CCC(=O)N1. The summed E-state index contributed by atoms with van der Waals surface area (Å²) in [5, 5.41) is 2.38. The van der Waals surface area contributed by atoms with E-state index in [4.69, 9.17) is 5.73 Å².